The van der Waals surface area contributed by atoms with Crippen molar-refractivity contribution >= 4 is 22.5 Å². The van der Waals surface area contributed by atoms with Gasteiger partial charge in [0.2, 0.25) is 0 Å². The van der Waals surface area contributed by atoms with Crippen LogP contribution < -0.4 is 10.6 Å². The van der Waals surface area contributed by atoms with E-state index in [1.54, 1.807) is 19.2 Å². The van der Waals surface area contributed by atoms with Crippen LogP contribution in [0.3, 0.4) is 0 Å². The van der Waals surface area contributed by atoms with E-state index in [-0.39, 0.29) is 5.91 Å². The molecule has 0 aliphatic carbocycles. The summed E-state index contributed by atoms with van der Waals surface area (Å²) in [7, 11) is 1.57. The van der Waals surface area contributed by atoms with Crippen molar-refractivity contribution < 1.29 is 4.79 Å². The zero-order valence-electron chi connectivity index (χ0n) is 12.2. The van der Waals surface area contributed by atoms with Gasteiger partial charge in [-0.1, -0.05) is 42.5 Å². The molecule has 0 aliphatic rings. The Hall–Kier alpha value is -2.95. The molecule has 0 fully saturated rings. The summed E-state index contributed by atoms with van der Waals surface area (Å²) in [5.74, 6) is 0.397. The third-order valence-electron chi connectivity index (χ3n) is 3.46. The van der Waals surface area contributed by atoms with E-state index < -0.39 is 0 Å². The first-order valence-corrected chi connectivity index (χ1v) is 7.04. The summed E-state index contributed by atoms with van der Waals surface area (Å²) < 4.78 is 0. The lowest BCUT2D eigenvalue weighted by Gasteiger charge is -2.08. The molecule has 0 radical (unpaired) electrons. The van der Waals surface area contributed by atoms with E-state index in [0.717, 1.165) is 0 Å². The van der Waals surface area contributed by atoms with E-state index in [1.807, 2.05) is 18.2 Å². The van der Waals surface area contributed by atoms with Crippen LogP contribution in [0.1, 0.15) is 16.1 Å². The molecular formula is C17H16N4O. The molecule has 0 unspecified atom stereocenters. The molecule has 5 nitrogen and oxygen atoms in total. The Morgan fingerprint density at radius 3 is 2.59 bits per heavy atom. The number of anilines is 1. The highest BCUT2D eigenvalue weighted by molar-refractivity contribution is 5.91. The second kappa shape index (κ2) is 6.22. The number of aromatic nitrogens is 2. The number of hydrogen-bond donors (Lipinski definition) is 2. The first-order valence-electron chi connectivity index (χ1n) is 7.04. The highest BCUT2D eigenvalue weighted by Crippen LogP contribution is 2.19. The molecule has 0 saturated carbocycles. The van der Waals surface area contributed by atoms with E-state index in [0.29, 0.717) is 18.1 Å². The lowest BCUT2D eigenvalue weighted by molar-refractivity contribution is 0.0957. The molecule has 3 rings (SSSR count). The summed E-state index contributed by atoms with van der Waals surface area (Å²) in [5.41, 5.74) is 1.49. The monoisotopic (exact) mass is 292 g/mol. The summed E-state index contributed by atoms with van der Waals surface area (Å²) in [4.78, 5) is 11.4. The lowest BCUT2D eigenvalue weighted by atomic mass is 10.0. The zero-order chi connectivity index (χ0) is 15.4. The number of nitrogens with one attached hydrogen (secondary N) is 2. The van der Waals surface area contributed by atoms with Crippen LogP contribution in [0.4, 0.5) is 5.82 Å². The highest BCUT2D eigenvalue weighted by atomic mass is 16.1. The SMILES string of the molecule is CNC(=O)c1ccc(NCc2cccc3ccccc23)nn1. The van der Waals surface area contributed by atoms with Crippen LogP contribution in [0.5, 0.6) is 0 Å². The van der Waals surface area contributed by atoms with Gasteiger partial charge in [-0.15, -0.1) is 10.2 Å². The van der Waals surface area contributed by atoms with Gasteiger partial charge in [0, 0.05) is 13.6 Å². The van der Waals surface area contributed by atoms with Crippen LogP contribution in [0.2, 0.25) is 0 Å². The first kappa shape index (κ1) is 14.0. The van der Waals surface area contributed by atoms with Gasteiger partial charge < -0.3 is 10.6 Å². The van der Waals surface area contributed by atoms with Crippen molar-refractivity contribution in [1.29, 1.82) is 0 Å². The van der Waals surface area contributed by atoms with Crippen molar-refractivity contribution in [1.82, 2.24) is 15.5 Å². The second-order valence-corrected chi connectivity index (χ2v) is 4.87. The average Bonchev–Trinajstić information content (AvgIpc) is 2.59. The Morgan fingerprint density at radius 1 is 1.00 bits per heavy atom. The Bertz CT molecular complexity index is 794. The van der Waals surface area contributed by atoms with Crippen molar-refractivity contribution in [2.75, 3.05) is 12.4 Å². The predicted octanol–water partition coefficient (Wildman–Crippen LogP) is 2.60. The zero-order valence-corrected chi connectivity index (χ0v) is 12.2. The van der Waals surface area contributed by atoms with Crippen LogP contribution in [0.25, 0.3) is 10.8 Å². The fraction of sp³-hybridized carbons (Fsp3) is 0.118. The number of carbonyl (C=O) groups excluding carboxylic acids is 1. The fourth-order valence-corrected chi connectivity index (χ4v) is 2.31. The number of nitrogens with zero attached hydrogens (tertiary/aromatic N) is 2. The Morgan fingerprint density at radius 2 is 1.82 bits per heavy atom. The minimum absolute atomic E-state index is 0.242. The Kier molecular flexibility index (Phi) is 3.96. The molecule has 110 valence electrons. The summed E-state index contributed by atoms with van der Waals surface area (Å²) in [6, 6.07) is 17.9. The molecule has 22 heavy (non-hydrogen) atoms. The van der Waals surface area contributed by atoms with Gasteiger partial charge in [-0.25, -0.2) is 0 Å². The third-order valence-corrected chi connectivity index (χ3v) is 3.46. The van der Waals surface area contributed by atoms with Crippen molar-refractivity contribution in [3.63, 3.8) is 0 Å². The number of fused-ring (bicyclic) bond motifs is 1. The molecule has 0 spiro atoms. The molecule has 1 amide bonds. The average molecular weight is 292 g/mol. The Labute approximate surface area is 128 Å². The molecule has 3 aromatic rings. The summed E-state index contributed by atoms with van der Waals surface area (Å²) in [5, 5.41) is 16.1. The number of benzene rings is 2. The minimum atomic E-state index is -0.242. The maximum atomic E-state index is 11.4. The third kappa shape index (κ3) is 2.88. The maximum absolute atomic E-state index is 11.4. The van der Waals surface area contributed by atoms with E-state index in [4.69, 9.17) is 0 Å². The number of carbonyl (C=O) groups is 1. The first-order chi connectivity index (χ1) is 10.8. The standard InChI is InChI=1S/C17H16N4O/c1-18-17(22)15-9-10-16(21-20-15)19-11-13-7-4-6-12-5-2-3-8-14(12)13/h2-10H,11H2,1H3,(H,18,22)(H,19,21). The molecule has 0 aliphatic heterocycles. The van der Waals surface area contributed by atoms with Crippen LogP contribution >= 0.6 is 0 Å². The number of hydrogen-bond acceptors (Lipinski definition) is 4. The number of amides is 1. The number of rotatable bonds is 4. The molecule has 1 heterocycles. The summed E-state index contributed by atoms with van der Waals surface area (Å²) >= 11 is 0. The smallest absolute Gasteiger partial charge is 0.271 e. The van der Waals surface area contributed by atoms with Crippen molar-refractivity contribution in [2.24, 2.45) is 0 Å². The Balaban J connectivity index is 1.75. The van der Waals surface area contributed by atoms with Gasteiger partial charge in [0.1, 0.15) is 5.82 Å². The molecule has 2 N–H and O–H groups in total. The molecule has 5 heteroatoms. The predicted molar refractivity (Wildman–Crippen MR) is 86.7 cm³/mol. The van der Waals surface area contributed by atoms with Crippen molar-refractivity contribution in [3.8, 4) is 0 Å². The van der Waals surface area contributed by atoms with Crippen LogP contribution in [0.15, 0.2) is 54.6 Å². The van der Waals surface area contributed by atoms with Gasteiger partial charge in [-0.3, -0.25) is 4.79 Å². The topological polar surface area (TPSA) is 66.9 Å². The van der Waals surface area contributed by atoms with Crippen LogP contribution in [0, 0.1) is 0 Å². The van der Waals surface area contributed by atoms with Gasteiger partial charge in [0.15, 0.2) is 5.69 Å². The summed E-state index contributed by atoms with van der Waals surface area (Å²) in [6.45, 7) is 0.648. The van der Waals surface area contributed by atoms with E-state index in [2.05, 4.69) is 45.1 Å². The van der Waals surface area contributed by atoms with E-state index in [1.165, 1.54) is 16.3 Å². The quantitative estimate of drug-likeness (QED) is 0.775. The molecule has 0 saturated heterocycles. The molecular weight excluding hydrogens is 276 g/mol. The highest BCUT2D eigenvalue weighted by Gasteiger charge is 2.06. The van der Waals surface area contributed by atoms with Gasteiger partial charge in [-0.2, -0.15) is 0 Å². The second-order valence-electron chi connectivity index (χ2n) is 4.87. The maximum Gasteiger partial charge on any atom is 0.271 e. The normalized spacial score (nSPS) is 10.4. The van der Waals surface area contributed by atoms with Gasteiger partial charge in [-0.05, 0) is 28.5 Å². The summed E-state index contributed by atoms with van der Waals surface area (Å²) in [6.07, 6.45) is 0. The molecule has 0 atom stereocenters. The van der Waals surface area contributed by atoms with Crippen LogP contribution in [-0.2, 0) is 6.54 Å². The van der Waals surface area contributed by atoms with Crippen LogP contribution in [-0.4, -0.2) is 23.2 Å². The largest absolute Gasteiger partial charge is 0.364 e. The van der Waals surface area contributed by atoms with Crippen molar-refractivity contribution in [3.05, 3.63) is 65.9 Å². The van der Waals surface area contributed by atoms with Gasteiger partial charge in [0.05, 0.1) is 0 Å². The van der Waals surface area contributed by atoms with E-state index in [9.17, 15) is 4.79 Å². The molecule has 0 bridgehead atoms. The van der Waals surface area contributed by atoms with Crippen molar-refractivity contribution in [2.45, 2.75) is 6.54 Å². The fourth-order valence-electron chi connectivity index (χ4n) is 2.31. The van der Waals surface area contributed by atoms with E-state index >= 15 is 0 Å². The van der Waals surface area contributed by atoms with Gasteiger partial charge in [0.25, 0.3) is 5.91 Å². The lowest BCUT2D eigenvalue weighted by Crippen LogP contribution is -2.19. The van der Waals surface area contributed by atoms with Gasteiger partial charge >= 0.3 is 0 Å². The molecule has 1 aromatic heterocycles. The minimum Gasteiger partial charge on any atom is -0.364 e. The molecule has 2 aromatic carbocycles.